The summed E-state index contributed by atoms with van der Waals surface area (Å²) in [6.07, 6.45) is 2.62. The Bertz CT molecular complexity index is 921. The molecule has 0 spiro atoms. The summed E-state index contributed by atoms with van der Waals surface area (Å²) in [5.74, 6) is -0.251. The van der Waals surface area contributed by atoms with Crippen LogP contribution in [0.3, 0.4) is 0 Å². The Balaban J connectivity index is 1.56. The van der Waals surface area contributed by atoms with Gasteiger partial charge < -0.3 is 5.32 Å². The summed E-state index contributed by atoms with van der Waals surface area (Å²) in [4.78, 5) is 12.4. The van der Waals surface area contributed by atoms with Crippen molar-refractivity contribution in [3.63, 3.8) is 0 Å². The van der Waals surface area contributed by atoms with Crippen molar-refractivity contribution in [3.05, 3.63) is 70.0 Å². The lowest BCUT2D eigenvalue weighted by Gasteiger charge is -2.29. The zero-order chi connectivity index (χ0) is 19.3. The fraction of sp³-hybridized carbons (Fsp3) is 0.250. The maximum Gasteiger partial charge on any atom is 0.236 e. The van der Waals surface area contributed by atoms with E-state index in [9.17, 15) is 13.2 Å². The molecule has 0 bridgehead atoms. The van der Waals surface area contributed by atoms with Gasteiger partial charge in [0, 0.05) is 34.6 Å². The van der Waals surface area contributed by atoms with Crippen LogP contribution in [-0.4, -0.2) is 31.7 Å². The molecule has 0 radical (unpaired) electrons. The lowest BCUT2D eigenvalue weighted by molar-refractivity contribution is -0.120. The minimum atomic E-state index is -3.48. The van der Waals surface area contributed by atoms with Crippen LogP contribution in [0.15, 0.2) is 64.5 Å². The fourth-order valence-electron chi connectivity index (χ4n) is 3.00. The van der Waals surface area contributed by atoms with Gasteiger partial charge in [0.15, 0.2) is 0 Å². The second-order valence-electron chi connectivity index (χ2n) is 6.43. The van der Waals surface area contributed by atoms with E-state index in [0.29, 0.717) is 25.9 Å². The van der Waals surface area contributed by atoms with Crippen LogP contribution in [0.25, 0.3) is 6.08 Å². The predicted molar refractivity (Wildman–Crippen MR) is 111 cm³/mol. The number of nitrogens with one attached hydrogen (secondary N) is 1. The molecule has 2 aromatic carbocycles. The summed E-state index contributed by atoms with van der Waals surface area (Å²) in [6.45, 7) is 0.691. The number of anilines is 1. The zero-order valence-electron chi connectivity index (χ0n) is 14.7. The van der Waals surface area contributed by atoms with Gasteiger partial charge in [-0.25, -0.2) is 8.42 Å². The quantitative estimate of drug-likeness (QED) is 0.748. The van der Waals surface area contributed by atoms with E-state index in [1.54, 1.807) is 6.08 Å². The number of halogens is 1. The first-order chi connectivity index (χ1) is 12.9. The molecule has 0 saturated carbocycles. The average Bonchev–Trinajstić information content (AvgIpc) is 2.67. The number of sulfonamides is 1. The number of carbonyl (C=O) groups excluding carboxylic acids is 1. The first kappa shape index (κ1) is 19.8. The second kappa shape index (κ2) is 8.82. The van der Waals surface area contributed by atoms with Gasteiger partial charge in [0.25, 0.3) is 0 Å². The largest absolute Gasteiger partial charge is 0.326 e. The van der Waals surface area contributed by atoms with Crippen molar-refractivity contribution in [3.8, 4) is 0 Å². The molecule has 1 aliphatic heterocycles. The lowest BCUT2D eigenvalue weighted by Crippen LogP contribution is -2.40. The first-order valence-corrected chi connectivity index (χ1v) is 11.0. The minimum absolute atomic E-state index is 0.0648. The van der Waals surface area contributed by atoms with Gasteiger partial charge in [0.2, 0.25) is 15.9 Å². The second-order valence-corrected chi connectivity index (χ2v) is 9.17. The third kappa shape index (κ3) is 5.51. The summed E-state index contributed by atoms with van der Waals surface area (Å²) in [6, 6.07) is 16.7. The van der Waals surface area contributed by atoms with Gasteiger partial charge in [0.1, 0.15) is 0 Å². The van der Waals surface area contributed by atoms with Crippen molar-refractivity contribution in [2.45, 2.75) is 12.8 Å². The Morgan fingerprint density at radius 3 is 2.44 bits per heavy atom. The van der Waals surface area contributed by atoms with Crippen LogP contribution in [-0.2, 0) is 14.8 Å². The fourth-order valence-corrected chi connectivity index (χ4v) is 4.62. The van der Waals surface area contributed by atoms with Crippen molar-refractivity contribution in [2.75, 3.05) is 18.4 Å². The van der Waals surface area contributed by atoms with E-state index in [1.165, 1.54) is 9.71 Å². The number of rotatable bonds is 5. The molecule has 1 saturated heterocycles. The standard InChI is InChI=1S/C20H21BrN2O3S/c21-18-7-4-8-19(15-18)22-20(24)17-9-12-23(13-10-17)27(25,26)14-11-16-5-2-1-3-6-16/h1-8,11,14-15,17H,9-10,12-13H2,(H,22,24)/b14-11+. The van der Waals surface area contributed by atoms with Crippen LogP contribution in [0.2, 0.25) is 0 Å². The van der Waals surface area contributed by atoms with Crippen LogP contribution in [0.4, 0.5) is 5.69 Å². The van der Waals surface area contributed by atoms with E-state index in [0.717, 1.165) is 15.7 Å². The molecule has 1 fully saturated rings. The molecule has 0 aliphatic carbocycles. The molecule has 1 amide bonds. The summed E-state index contributed by atoms with van der Waals surface area (Å²) in [7, 11) is -3.48. The van der Waals surface area contributed by atoms with Crippen LogP contribution >= 0.6 is 15.9 Å². The van der Waals surface area contributed by atoms with Crippen LogP contribution in [0.1, 0.15) is 18.4 Å². The van der Waals surface area contributed by atoms with E-state index in [2.05, 4.69) is 21.2 Å². The number of hydrogen-bond acceptors (Lipinski definition) is 3. The molecule has 142 valence electrons. The smallest absolute Gasteiger partial charge is 0.236 e. The van der Waals surface area contributed by atoms with Crippen molar-refractivity contribution in [1.82, 2.24) is 4.31 Å². The van der Waals surface area contributed by atoms with Crippen LogP contribution in [0, 0.1) is 5.92 Å². The zero-order valence-corrected chi connectivity index (χ0v) is 17.1. The summed E-state index contributed by atoms with van der Waals surface area (Å²) in [5, 5.41) is 4.14. The third-order valence-corrected chi connectivity index (χ3v) is 6.57. The number of benzene rings is 2. The topological polar surface area (TPSA) is 66.5 Å². The van der Waals surface area contributed by atoms with Crippen molar-refractivity contribution < 1.29 is 13.2 Å². The van der Waals surface area contributed by atoms with Gasteiger partial charge in [-0.05, 0) is 42.7 Å². The highest BCUT2D eigenvalue weighted by Gasteiger charge is 2.29. The van der Waals surface area contributed by atoms with Gasteiger partial charge in [-0.1, -0.05) is 52.3 Å². The number of piperidine rings is 1. The highest BCUT2D eigenvalue weighted by molar-refractivity contribution is 9.10. The number of nitrogens with zero attached hydrogens (tertiary/aromatic N) is 1. The maximum absolute atomic E-state index is 12.5. The number of amides is 1. The Morgan fingerprint density at radius 1 is 1.07 bits per heavy atom. The minimum Gasteiger partial charge on any atom is -0.326 e. The molecule has 0 aromatic heterocycles. The normalized spacial score (nSPS) is 16.5. The van der Waals surface area contributed by atoms with Crippen LogP contribution < -0.4 is 5.32 Å². The highest BCUT2D eigenvalue weighted by atomic mass is 79.9. The van der Waals surface area contributed by atoms with Crippen molar-refractivity contribution in [1.29, 1.82) is 0 Å². The van der Waals surface area contributed by atoms with Gasteiger partial charge in [0.05, 0.1) is 0 Å². The summed E-state index contributed by atoms with van der Waals surface area (Å²) in [5.41, 5.74) is 1.57. The lowest BCUT2D eigenvalue weighted by atomic mass is 9.97. The van der Waals surface area contributed by atoms with Crippen molar-refractivity contribution >= 4 is 43.6 Å². The molecule has 5 nitrogen and oxygen atoms in total. The molecule has 7 heteroatoms. The third-order valence-electron chi connectivity index (χ3n) is 4.51. The Hall–Kier alpha value is -1.96. The number of carbonyl (C=O) groups is 1. The van der Waals surface area contributed by atoms with Crippen LogP contribution in [0.5, 0.6) is 0 Å². The predicted octanol–water partition coefficient (Wildman–Crippen LogP) is 4.10. The van der Waals surface area contributed by atoms with E-state index in [-0.39, 0.29) is 11.8 Å². The van der Waals surface area contributed by atoms with E-state index in [1.807, 2.05) is 54.6 Å². The summed E-state index contributed by atoms with van der Waals surface area (Å²) < 4.78 is 27.3. The van der Waals surface area contributed by atoms with Gasteiger partial charge in [-0.15, -0.1) is 0 Å². The Labute approximate surface area is 168 Å². The highest BCUT2D eigenvalue weighted by Crippen LogP contribution is 2.23. The van der Waals surface area contributed by atoms with E-state index in [4.69, 9.17) is 0 Å². The molecule has 3 rings (SSSR count). The first-order valence-electron chi connectivity index (χ1n) is 8.74. The molecular weight excluding hydrogens is 428 g/mol. The molecular formula is C20H21BrN2O3S. The molecule has 2 aromatic rings. The van der Waals surface area contributed by atoms with Gasteiger partial charge in [-0.3, -0.25) is 4.79 Å². The van der Waals surface area contributed by atoms with Crippen molar-refractivity contribution in [2.24, 2.45) is 5.92 Å². The Kier molecular flexibility index (Phi) is 6.46. The van der Waals surface area contributed by atoms with E-state index < -0.39 is 10.0 Å². The molecule has 0 unspecified atom stereocenters. The summed E-state index contributed by atoms with van der Waals surface area (Å²) >= 11 is 3.38. The van der Waals surface area contributed by atoms with Gasteiger partial charge >= 0.3 is 0 Å². The Morgan fingerprint density at radius 2 is 1.78 bits per heavy atom. The van der Waals surface area contributed by atoms with Gasteiger partial charge in [-0.2, -0.15) is 4.31 Å². The molecule has 1 N–H and O–H groups in total. The monoisotopic (exact) mass is 448 g/mol. The SMILES string of the molecule is O=C(Nc1cccc(Br)c1)C1CCN(S(=O)(=O)/C=C/c2ccccc2)CC1. The molecule has 1 heterocycles. The molecule has 0 atom stereocenters. The molecule has 1 aliphatic rings. The maximum atomic E-state index is 12.5. The average molecular weight is 449 g/mol. The van der Waals surface area contributed by atoms with E-state index >= 15 is 0 Å². The molecule has 27 heavy (non-hydrogen) atoms. The number of hydrogen-bond donors (Lipinski definition) is 1.